The Morgan fingerprint density at radius 1 is 1.19 bits per heavy atom. The van der Waals surface area contributed by atoms with Gasteiger partial charge in [-0.3, -0.25) is 4.57 Å². The number of benzene rings is 1. The molecule has 0 atom stereocenters. The van der Waals surface area contributed by atoms with Crippen LogP contribution in [0, 0.1) is 0 Å². The van der Waals surface area contributed by atoms with E-state index in [1.54, 1.807) is 45.9 Å². The lowest BCUT2D eigenvalue weighted by atomic mass is 10.2. The van der Waals surface area contributed by atoms with Crippen molar-refractivity contribution in [2.24, 2.45) is 0 Å². The minimum atomic E-state index is -0.605. The van der Waals surface area contributed by atoms with Crippen molar-refractivity contribution in [2.75, 3.05) is 6.61 Å². The van der Waals surface area contributed by atoms with Crippen molar-refractivity contribution in [3.8, 4) is 0 Å². The van der Waals surface area contributed by atoms with Crippen LogP contribution in [0.3, 0.4) is 0 Å². The third-order valence-electron chi connectivity index (χ3n) is 2.80. The van der Waals surface area contributed by atoms with Gasteiger partial charge in [-0.15, -0.1) is 0 Å². The second-order valence-electron chi connectivity index (χ2n) is 5.63. The van der Waals surface area contributed by atoms with Crippen LogP contribution in [0.1, 0.15) is 38.1 Å². The number of rotatable bonds is 2. The summed E-state index contributed by atoms with van der Waals surface area (Å²) in [7, 11) is 0. The predicted molar refractivity (Wildman–Crippen MR) is 79.5 cm³/mol. The molecule has 112 valence electrons. The van der Waals surface area contributed by atoms with E-state index in [4.69, 9.17) is 9.47 Å². The highest BCUT2D eigenvalue weighted by atomic mass is 16.6. The third kappa shape index (κ3) is 3.24. The molecule has 0 aliphatic heterocycles. The van der Waals surface area contributed by atoms with Gasteiger partial charge in [0.25, 0.3) is 0 Å². The first kappa shape index (κ1) is 15.1. The van der Waals surface area contributed by atoms with E-state index in [1.165, 1.54) is 10.8 Å². The molecule has 0 amide bonds. The smallest absolute Gasteiger partial charge is 0.419 e. The number of hydrogen-bond acceptors (Lipinski definition) is 4. The molecular weight excluding hydrogens is 270 g/mol. The van der Waals surface area contributed by atoms with E-state index < -0.39 is 17.7 Å². The SMILES string of the molecule is CCOC(=O)c1cn(C(=O)OC(C)(C)C)c2ccccc12. The molecule has 2 aromatic rings. The van der Waals surface area contributed by atoms with Crippen molar-refractivity contribution >= 4 is 23.0 Å². The average Bonchev–Trinajstić information content (AvgIpc) is 2.76. The first-order chi connectivity index (χ1) is 9.83. The van der Waals surface area contributed by atoms with Crippen molar-refractivity contribution in [3.63, 3.8) is 0 Å². The van der Waals surface area contributed by atoms with Crippen molar-refractivity contribution in [3.05, 3.63) is 36.0 Å². The molecule has 1 aromatic carbocycles. The summed E-state index contributed by atoms with van der Waals surface area (Å²) in [5.41, 5.74) is 0.375. The number of para-hydroxylation sites is 1. The van der Waals surface area contributed by atoms with Gasteiger partial charge in [0.05, 0.1) is 17.7 Å². The maximum absolute atomic E-state index is 12.3. The quantitative estimate of drug-likeness (QED) is 0.793. The number of nitrogens with zero attached hydrogens (tertiary/aromatic N) is 1. The molecule has 5 heteroatoms. The van der Waals surface area contributed by atoms with Crippen LogP contribution in [0.15, 0.2) is 30.5 Å². The van der Waals surface area contributed by atoms with E-state index >= 15 is 0 Å². The summed E-state index contributed by atoms with van der Waals surface area (Å²) in [6, 6.07) is 7.16. The minimum Gasteiger partial charge on any atom is -0.462 e. The van der Waals surface area contributed by atoms with E-state index in [9.17, 15) is 9.59 Å². The number of carbonyl (C=O) groups excluding carboxylic acids is 2. The molecule has 1 heterocycles. The molecule has 0 unspecified atom stereocenters. The Morgan fingerprint density at radius 2 is 1.86 bits per heavy atom. The maximum Gasteiger partial charge on any atom is 0.419 e. The lowest BCUT2D eigenvalue weighted by Gasteiger charge is -2.19. The van der Waals surface area contributed by atoms with Gasteiger partial charge < -0.3 is 9.47 Å². The lowest BCUT2D eigenvalue weighted by molar-refractivity contribution is 0.0527. The van der Waals surface area contributed by atoms with Crippen molar-refractivity contribution in [1.29, 1.82) is 0 Å². The van der Waals surface area contributed by atoms with Gasteiger partial charge in [0.15, 0.2) is 0 Å². The number of carbonyl (C=O) groups is 2. The van der Waals surface area contributed by atoms with Crippen LogP contribution in [0.2, 0.25) is 0 Å². The molecule has 0 radical (unpaired) electrons. The van der Waals surface area contributed by atoms with E-state index in [0.717, 1.165) is 0 Å². The van der Waals surface area contributed by atoms with Crippen LogP contribution < -0.4 is 0 Å². The normalized spacial score (nSPS) is 11.4. The Hall–Kier alpha value is -2.30. The summed E-state index contributed by atoms with van der Waals surface area (Å²) in [6.45, 7) is 7.41. The van der Waals surface area contributed by atoms with Crippen LogP contribution in [0.4, 0.5) is 4.79 Å². The molecule has 0 saturated heterocycles. The number of esters is 1. The molecule has 0 N–H and O–H groups in total. The Balaban J connectivity index is 2.50. The predicted octanol–water partition coefficient (Wildman–Crippen LogP) is 3.60. The number of ether oxygens (including phenoxy) is 2. The lowest BCUT2D eigenvalue weighted by Crippen LogP contribution is -2.26. The fourth-order valence-electron chi connectivity index (χ4n) is 2.01. The van der Waals surface area contributed by atoms with Crippen molar-refractivity contribution in [1.82, 2.24) is 4.57 Å². The van der Waals surface area contributed by atoms with Crippen LogP contribution in [0.5, 0.6) is 0 Å². The fraction of sp³-hybridized carbons (Fsp3) is 0.375. The highest BCUT2D eigenvalue weighted by molar-refractivity contribution is 6.06. The highest BCUT2D eigenvalue weighted by Gasteiger charge is 2.23. The summed E-state index contributed by atoms with van der Waals surface area (Å²) >= 11 is 0. The third-order valence-corrected chi connectivity index (χ3v) is 2.80. The zero-order valence-electron chi connectivity index (χ0n) is 12.7. The topological polar surface area (TPSA) is 57.5 Å². The summed E-state index contributed by atoms with van der Waals surface area (Å²) in [5.74, 6) is -0.448. The molecule has 0 saturated carbocycles. The summed E-state index contributed by atoms with van der Waals surface area (Å²) in [6.07, 6.45) is 0.950. The van der Waals surface area contributed by atoms with Gasteiger partial charge in [-0.25, -0.2) is 9.59 Å². The summed E-state index contributed by atoms with van der Waals surface area (Å²) in [4.78, 5) is 24.2. The molecule has 0 bridgehead atoms. The van der Waals surface area contributed by atoms with Crippen LogP contribution in [0.25, 0.3) is 10.9 Å². The zero-order chi connectivity index (χ0) is 15.6. The first-order valence-electron chi connectivity index (χ1n) is 6.84. The second-order valence-corrected chi connectivity index (χ2v) is 5.63. The number of hydrogen-bond donors (Lipinski definition) is 0. The van der Waals surface area contributed by atoms with Gasteiger partial charge in [-0.2, -0.15) is 0 Å². The molecule has 21 heavy (non-hydrogen) atoms. The maximum atomic E-state index is 12.3. The molecule has 5 nitrogen and oxygen atoms in total. The van der Waals surface area contributed by atoms with E-state index in [-0.39, 0.29) is 6.61 Å². The minimum absolute atomic E-state index is 0.283. The molecule has 0 spiro atoms. The van der Waals surface area contributed by atoms with E-state index in [2.05, 4.69) is 0 Å². The monoisotopic (exact) mass is 289 g/mol. The van der Waals surface area contributed by atoms with Crippen molar-refractivity contribution in [2.45, 2.75) is 33.3 Å². The van der Waals surface area contributed by atoms with Crippen LogP contribution in [-0.2, 0) is 9.47 Å². The Morgan fingerprint density at radius 3 is 2.48 bits per heavy atom. The van der Waals surface area contributed by atoms with E-state index in [1.807, 2.05) is 6.07 Å². The van der Waals surface area contributed by atoms with Gasteiger partial charge in [0.1, 0.15) is 5.60 Å². The molecule has 0 aliphatic carbocycles. The second kappa shape index (κ2) is 5.60. The fourth-order valence-corrected chi connectivity index (χ4v) is 2.01. The van der Waals surface area contributed by atoms with Gasteiger partial charge in [-0.05, 0) is 33.8 Å². The number of aromatic nitrogens is 1. The standard InChI is InChI=1S/C16H19NO4/c1-5-20-14(18)12-10-17(15(19)21-16(2,3)4)13-9-7-6-8-11(12)13/h6-10H,5H2,1-4H3. The van der Waals surface area contributed by atoms with Gasteiger partial charge in [0, 0.05) is 11.6 Å². The summed E-state index contributed by atoms with van der Waals surface area (Å²) in [5, 5.41) is 0.668. The Labute approximate surface area is 123 Å². The van der Waals surface area contributed by atoms with Gasteiger partial charge in [0.2, 0.25) is 0 Å². The molecule has 0 aliphatic rings. The number of fused-ring (bicyclic) bond motifs is 1. The summed E-state index contributed by atoms with van der Waals surface area (Å²) < 4.78 is 11.7. The average molecular weight is 289 g/mol. The molecular formula is C16H19NO4. The largest absolute Gasteiger partial charge is 0.462 e. The van der Waals surface area contributed by atoms with Crippen LogP contribution in [-0.4, -0.2) is 28.8 Å². The molecule has 1 aromatic heterocycles. The van der Waals surface area contributed by atoms with Gasteiger partial charge in [-0.1, -0.05) is 18.2 Å². The van der Waals surface area contributed by atoms with E-state index in [0.29, 0.717) is 16.5 Å². The van der Waals surface area contributed by atoms with Crippen molar-refractivity contribution < 1.29 is 19.1 Å². The Kier molecular flexibility index (Phi) is 4.02. The molecule has 2 rings (SSSR count). The first-order valence-corrected chi connectivity index (χ1v) is 6.84. The Bertz CT molecular complexity index is 679. The zero-order valence-corrected chi connectivity index (χ0v) is 12.7. The molecule has 0 fully saturated rings. The van der Waals surface area contributed by atoms with Gasteiger partial charge >= 0.3 is 12.1 Å². The highest BCUT2D eigenvalue weighted by Crippen LogP contribution is 2.23. The van der Waals surface area contributed by atoms with Crippen LogP contribution >= 0.6 is 0 Å².